The molecule has 0 aliphatic carbocycles. The van der Waals surface area contributed by atoms with Crippen LogP contribution in [-0.2, 0) is 6.61 Å². The van der Waals surface area contributed by atoms with Crippen molar-refractivity contribution in [3.63, 3.8) is 0 Å². The SMILES string of the molecule is COc1cc(OC)cc(OCc2cc(C(=O)O)oc2C)c1. The molecule has 0 unspecified atom stereocenters. The first-order valence-electron chi connectivity index (χ1n) is 6.22. The van der Waals surface area contributed by atoms with Gasteiger partial charge in [-0.05, 0) is 13.0 Å². The van der Waals surface area contributed by atoms with E-state index in [9.17, 15) is 4.79 Å². The van der Waals surface area contributed by atoms with Gasteiger partial charge in [0.15, 0.2) is 0 Å². The van der Waals surface area contributed by atoms with Gasteiger partial charge in [-0.2, -0.15) is 0 Å². The highest BCUT2D eigenvalue weighted by atomic mass is 16.5. The molecule has 0 atom stereocenters. The number of aromatic carboxylic acids is 1. The number of hydrogen-bond acceptors (Lipinski definition) is 5. The van der Waals surface area contributed by atoms with Crippen LogP contribution in [0.1, 0.15) is 21.9 Å². The van der Waals surface area contributed by atoms with Gasteiger partial charge < -0.3 is 23.7 Å². The van der Waals surface area contributed by atoms with Crippen LogP contribution in [0.2, 0.25) is 0 Å². The highest BCUT2D eigenvalue weighted by molar-refractivity contribution is 5.84. The zero-order valence-electron chi connectivity index (χ0n) is 12.0. The van der Waals surface area contributed by atoms with Crippen molar-refractivity contribution >= 4 is 5.97 Å². The smallest absolute Gasteiger partial charge is 0.371 e. The van der Waals surface area contributed by atoms with Gasteiger partial charge in [0.2, 0.25) is 5.76 Å². The lowest BCUT2D eigenvalue weighted by Gasteiger charge is -2.09. The Balaban J connectivity index is 2.14. The molecule has 6 nitrogen and oxygen atoms in total. The van der Waals surface area contributed by atoms with Crippen LogP contribution in [0.5, 0.6) is 17.2 Å². The first-order chi connectivity index (χ1) is 10.0. The predicted octanol–water partition coefficient (Wildman–Crippen LogP) is 2.88. The van der Waals surface area contributed by atoms with Gasteiger partial charge in [0.25, 0.3) is 0 Å². The third kappa shape index (κ3) is 3.47. The van der Waals surface area contributed by atoms with Crippen molar-refractivity contribution in [2.45, 2.75) is 13.5 Å². The number of aryl methyl sites for hydroxylation is 1. The van der Waals surface area contributed by atoms with Crippen molar-refractivity contribution in [2.75, 3.05) is 14.2 Å². The molecular weight excluding hydrogens is 276 g/mol. The second-order valence-corrected chi connectivity index (χ2v) is 4.33. The molecule has 1 aromatic heterocycles. The normalized spacial score (nSPS) is 10.2. The molecule has 0 fully saturated rings. The van der Waals surface area contributed by atoms with E-state index in [1.807, 2.05) is 0 Å². The fraction of sp³-hybridized carbons (Fsp3) is 0.267. The second-order valence-electron chi connectivity index (χ2n) is 4.33. The summed E-state index contributed by atoms with van der Waals surface area (Å²) in [7, 11) is 3.11. The van der Waals surface area contributed by atoms with Gasteiger partial charge in [-0.3, -0.25) is 0 Å². The van der Waals surface area contributed by atoms with Crippen LogP contribution in [0.25, 0.3) is 0 Å². The van der Waals surface area contributed by atoms with Crippen LogP contribution in [0.3, 0.4) is 0 Å². The maximum atomic E-state index is 10.8. The molecule has 2 aromatic rings. The van der Waals surface area contributed by atoms with Gasteiger partial charge in [0.05, 0.1) is 14.2 Å². The van der Waals surface area contributed by atoms with E-state index < -0.39 is 5.97 Å². The number of hydrogen-bond donors (Lipinski definition) is 1. The molecule has 2 rings (SSSR count). The molecule has 112 valence electrons. The lowest BCUT2D eigenvalue weighted by molar-refractivity contribution is 0.0661. The summed E-state index contributed by atoms with van der Waals surface area (Å²) in [4.78, 5) is 10.8. The molecule has 0 spiro atoms. The molecule has 6 heteroatoms. The van der Waals surface area contributed by atoms with E-state index >= 15 is 0 Å². The quantitative estimate of drug-likeness (QED) is 0.882. The number of carboxylic acid groups (broad SMARTS) is 1. The molecule has 0 aliphatic heterocycles. The van der Waals surface area contributed by atoms with Gasteiger partial charge in [-0.25, -0.2) is 4.79 Å². The molecule has 0 saturated heterocycles. The van der Waals surface area contributed by atoms with E-state index in [0.717, 1.165) is 0 Å². The van der Waals surface area contributed by atoms with E-state index in [-0.39, 0.29) is 12.4 Å². The van der Waals surface area contributed by atoms with Crippen molar-refractivity contribution in [2.24, 2.45) is 0 Å². The minimum Gasteiger partial charge on any atom is -0.496 e. The number of benzene rings is 1. The molecule has 0 aliphatic rings. The van der Waals surface area contributed by atoms with Crippen molar-refractivity contribution in [1.29, 1.82) is 0 Å². The van der Waals surface area contributed by atoms with Crippen LogP contribution in [0, 0.1) is 6.92 Å². The van der Waals surface area contributed by atoms with E-state index in [1.165, 1.54) is 6.07 Å². The first-order valence-corrected chi connectivity index (χ1v) is 6.22. The average molecular weight is 292 g/mol. The van der Waals surface area contributed by atoms with Crippen LogP contribution >= 0.6 is 0 Å². The maximum Gasteiger partial charge on any atom is 0.371 e. The topological polar surface area (TPSA) is 78.1 Å². The predicted molar refractivity (Wildman–Crippen MR) is 74.3 cm³/mol. The summed E-state index contributed by atoms with van der Waals surface area (Å²) in [6.07, 6.45) is 0. The number of carbonyl (C=O) groups is 1. The van der Waals surface area contributed by atoms with Crippen molar-refractivity contribution in [3.8, 4) is 17.2 Å². The molecule has 0 saturated carbocycles. The molecule has 21 heavy (non-hydrogen) atoms. The first kappa shape index (κ1) is 14.8. The lowest BCUT2D eigenvalue weighted by Crippen LogP contribution is -1.97. The molecule has 1 heterocycles. The third-order valence-electron chi connectivity index (χ3n) is 2.95. The number of methoxy groups -OCH3 is 2. The van der Waals surface area contributed by atoms with E-state index in [4.69, 9.17) is 23.7 Å². The molecule has 0 amide bonds. The summed E-state index contributed by atoms with van der Waals surface area (Å²) in [6, 6.07) is 6.62. The number of furan rings is 1. The Morgan fingerprint density at radius 1 is 1.10 bits per heavy atom. The minimum atomic E-state index is -1.10. The van der Waals surface area contributed by atoms with Crippen LogP contribution in [0.15, 0.2) is 28.7 Å². The average Bonchev–Trinajstić information content (AvgIpc) is 2.86. The minimum absolute atomic E-state index is 0.102. The number of carboxylic acids is 1. The zero-order valence-corrected chi connectivity index (χ0v) is 12.0. The maximum absolute atomic E-state index is 10.8. The Morgan fingerprint density at radius 2 is 1.67 bits per heavy atom. The van der Waals surface area contributed by atoms with E-state index in [0.29, 0.717) is 28.6 Å². The summed E-state index contributed by atoms with van der Waals surface area (Å²) in [5.41, 5.74) is 0.675. The van der Waals surface area contributed by atoms with E-state index in [2.05, 4.69) is 0 Å². The summed E-state index contributed by atoms with van der Waals surface area (Å²) in [5, 5.41) is 8.88. The van der Waals surface area contributed by atoms with Crippen LogP contribution in [0.4, 0.5) is 0 Å². The Hall–Kier alpha value is -2.63. The van der Waals surface area contributed by atoms with Gasteiger partial charge in [0.1, 0.15) is 29.6 Å². The molecule has 1 aromatic carbocycles. The molecule has 1 N–H and O–H groups in total. The largest absolute Gasteiger partial charge is 0.496 e. The third-order valence-corrected chi connectivity index (χ3v) is 2.95. The van der Waals surface area contributed by atoms with Gasteiger partial charge >= 0.3 is 5.97 Å². The highest BCUT2D eigenvalue weighted by Crippen LogP contribution is 2.28. The zero-order chi connectivity index (χ0) is 15.4. The van der Waals surface area contributed by atoms with Crippen molar-refractivity contribution in [3.05, 3.63) is 41.3 Å². The fourth-order valence-corrected chi connectivity index (χ4v) is 1.79. The van der Waals surface area contributed by atoms with Crippen LogP contribution < -0.4 is 14.2 Å². The Bertz CT molecular complexity index is 621. The number of rotatable bonds is 6. The standard InChI is InChI=1S/C15H16O6/c1-9-10(4-14(21-9)15(16)17)8-20-13-6-11(18-2)5-12(7-13)19-3/h4-7H,8H2,1-3H3,(H,16,17). The lowest BCUT2D eigenvalue weighted by atomic mass is 10.2. The van der Waals surface area contributed by atoms with Gasteiger partial charge in [-0.15, -0.1) is 0 Å². The summed E-state index contributed by atoms with van der Waals surface area (Å²) >= 11 is 0. The summed E-state index contributed by atoms with van der Waals surface area (Å²) in [6.45, 7) is 1.89. The van der Waals surface area contributed by atoms with E-state index in [1.54, 1.807) is 39.3 Å². The van der Waals surface area contributed by atoms with Gasteiger partial charge in [-0.1, -0.05) is 0 Å². The fourth-order valence-electron chi connectivity index (χ4n) is 1.79. The summed E-state index contributed by atoms with van der Waals surface area (Å²) in [5.74, 6) is 1.09. The Morgan fingerprint density at radius 3 is 2.14 bits per heavy atom. The molecule has 0 radical (unpaired) electrons. The van der Waals surface area contributed by atoms with Crippen LogP contribution in [-0.4, -0.2) is 25.3 Å². The van der Waals surface area contributed by atoms with Crippen molar-refractivity contribution in [1.82, 2.24) is 0 Å². The molecule has 0 bridgehead atoms. The molecular formula is C15H16O6. The highest BCUT2D eigenvalue weighted by Gasteiger charge is 2.13. The Labute approximate surface area is 121 Å². The summed E-state index contributed by atoms with van der Waals surface area (Å²) < 4.78 is 21.1. The number of ether oxygens (including phenoxy) is 3. The van der Waals surface area contributed by atoms with Crippen molar-refractivity contribution < 1.29 is 28.5 Å². The second kappa shape index (κ2) is 6.21. The van der Waals surface area contributed by atoms with Gasteiger partial charge in [0, 0.05) is 23.8 Å². The monoisotopic (exact) mass is 292 g/mol. The Kier molecular flexibility index (Phi) is 4.37.